The minimum atomic E-state index is -0.261. The van der Waals surface area contributed by atoms with Gasteiger partial charge < -0.3 is 9.67 Å². The first-order valence-corrected chi connectivity index (χ1v) is 13.1. The molecule has 8 nitrogen and oxygen atoms in total. The van der Waals surface area contributed by atoms with Crippen molar-refractivity contribution in [3.8, 4) is 5.13 Å². The quantitative estimate of drug-likeness (QED) is 0.312. The topological polar surface area (TPSA) is 94.9 Å². The van der Waals surface area contributed by atoms with Gasteiger partial charge >= 0.3 is 0 Å². The van der Waals surface area contributed by atoms with Crippen LogP contribution in [-0.2, 0) is 19.7 Å². The zero-order valence-electron chi connectivity index (χ0n) is 20.3. The number of nitrogens with zero attached hydrogens (tertiary/aromatic N) is 5. The van der Waals surface area contributed by atoms with E-state index < -0.39 is 0 Å². The van der Waals surface area contributed by atoms with Crippen LogP contribution in [0.4, 0.5) is 0 Å². The lowest BCUT2D eigenvalue weighted by atomic mass is 10.2. The van der Waals surface area contributed by atoms with E-state index in [1.54, 1.807) is 34.4 Å². The van der Waals surface area contributed by atoms with E-state index in [4.69, 9.17) is 16.6 Å². The first-order valence-electron chi connectivity index (χ1n) is 11.9. The summed E-state index contributed by atoms with van der Waals surface area (Å²) in [5.41, 5.74) is 3.68. The summed E-state index contributed by atoms with van der Waals surface area (Å²) in [6.45, 7) is 2.26. The number of aryl methyl sites for hydroxylation is 1. The molecule has 0 aliphatic carbocycles. The second-order valence-corrected chi connectivity index (χ2v) is 10.4. The van der Waals surface area contributed by atoms with Crippen molar-refractivity contribution in [2.24, 2.45) is 0 Å². The van der Waals surface area contributed by atoms with Gasteiger partial charge in [0, 0.05) is 11.8 Å². The van der Waals surface area contributed by atoms with Crippen LogP contribution in [0.15, 0.2) is 82.4 Å². The molecule has 38 heavy (non-hydrogen) atoms. The third-order valence-corrected chi connectivity index (χ3v) is 7.75. The minimum absolute atomic E-state index is 0.0790. The molecular weight excluding hydrogens is 522 g/mol. The molecule has 0 aliphatic rings. The molecular formula is C28H22ClN5O3S. The number of aromatic nitrogens is 5. The van der Waals surface area contributed by atoms with E-state index in [0.29, 0.717) is 39.1 Å². The van der Waals surface area contributed by atoms with Gasteiger partial charge in [0.1, 0.15) is 5.15 Å². The summed E-state index contributed by atoms with van der Waals surface area (Å²) >= 11 is 7.42. The summed E-state index contributed by atoms with van der Waals surface area (Å²) in [5.74, 6) is 0. The van der Waals surface area contributed by atoms with E-state index in [-0.39, 0.29) is 24.3 Å². The average molecular weight is 544 g/mol. The molecule has 0 saturated heterocycles. The summed E-state index contributed by atoms with van der Waals surface area (Å²) in [6.07, 6.45) is 0. The van der Waals surface area contributed by atoms with Crippen molar-refractivity contribution in [3.63, 3.8) is 0 Å². The maximum atomic E-state index is 14.0. The monoisotopic (exact) mass is 543 g/mol. The SMILES string of the molecule is Cc1c2c(=O)n(-c3nc4ccc(CO)cc4s3)n(Cc3ccccc3)c2cc(=O)n1Cc1cccc(Cl)n1. The fourth-order valence-corrected chi connectivity index (χ4v) is 5.91. The zero-order valence-corrected chi connectivity index (χ0v) is 21.9. The highest BCUT2D eigenvalue weighted by Gasteiger charge is 2.22. The number of halogens is 1. The van der Waals surface area contributed by atoms with Crippen molar-refractivity contribution in [3.05, 3.63) is 121 Å². The van der Waals surface area contributed by atoms with Crippen LogP contribution in [0.3, 0.4) is 0 Å². The average Bonchev–Trinajstić information content (AvgIpc) is 3.44. The van der Waals surface area contributed by atoms with Gasteiger partial charge in [0.05, 0.1) is 46.5 Å². The number of pyridine rings is 2. The number of rotatable bonds is 6. The van der Waals surface area contributed by atoms with E-state index in [9.17, 15) is 14.7 Å². The molecule has 0 atom stereocenters. The van der Waals surface area contributed by atoms with Crippen LogP contribution in [0, 0.1) is 6.92 Å². The number of aliphatic hydroxyl groups is 1. The van der Waals surface area contributed by atoms with Gasteiger partial charge in [-0.25, -0.2) is 9.97 Å². The molecule has 0 fully saturated rings. The predicted octanol–water partition coefficient (Wildman–Crippen LogP) is 4.51. The number of aliphatic hydroxyl groups excluding tert-OH is 1. The lowest BCUT2D eigenvalue weighted by Gasteiger charge is -2.12. The van der Waals surface area contributed by atoms with Crippen LogP contribution in [0.25, 0.3) is 26.3 Å². The Morgan fingerprint density at radius 2 is 1.74 bits per heavy atom. The number of hydrogen-bond donors (Lipinski definition) is 1. The van der Waals surface area contributed by atoms with Gasteiger partial charge in [-0.15, -0.1) is 0 Å². The minimum Gasteiger partial charge on any atom is -0.392 e. The van der Waals surface area contributed by atoms with Gasteiger partial charge in [-0.2, -0.15) is 4.68 Å². The molecule has 0 aliphatic heterocycles. The molecule has 6 aromatic rings. The Balaban J connectivity index is 1.60. The summed E-state index contributed by atoms with van der Waals surface area (Å²) in [5, 5.41) is 10.8. The fraction of sp³-hybridized carbons (Fsp3) is 0.143. The molecule has 6 rings (SSSR count). The lowest BCUT2D eigenvalue weighted by molar-refractivity contribution is 0.282. The van der Waals surface area contributed by atoms with Crippen LogP contribution in [0.1, 0.15) is 22.5 Å². The van der Waals surface area contributed by atoms with Crippen molar-refractivity contribution >= 4 is 44.1 Å². The molecule has 0 saturated carbocycles. The van der Waals surface area contributed by atoms with Gasteiger partial charge in [-0.05, 0) is 42.3 Å². The first kappa shape index (κ1) is 24.3. The highest BCUT2D eigenvalue weighted by atomic mass is 35.5. The molecule has 0 radical (unpaired) electrons. The van der Waals surface area contributed by atoms with Crippen molar-refractivity contribution in [1.29, 1.82) is 0 Å². The number of fused-ring (bicyclic) bond motifs is 2. The zero-order chi connectivity index (χ0) is 26.4. The van der Waals surface area contributed by atoms with E-state index >= 15 is 0 Å². The van der Waals surface area contributed by atoms with Crippen LogP contribution in [-0.4, -0.2) is 29.0 Å². The molecule has 4 heterocycles. The summed E-state index contributed by atoms with van der Waals surface area (Å²) in [7, 11) is 0. The Labute approximate surface area is 225 Å². The standard InChI is InChI=1S/C28H22ClN5O3S/c1-17-26-22(13-25(36)32(17)15-20-8-5-9-24(29)30-20)33(14-18-6-3-2-4-7-18)34(27(26)37)28-31-21-11-10-19(16-35)12-23(21)38-28/h2-13,35H,14-16H2,1H3. The molecule has 0 bridgehead atoms. The van der Waals surface area contributed by atoms with E-state index in [0.717, 1.165) is 21.3 Å². The van der Waals surface area contributed by atoms with Crippen molar-refractivity contribution < 1.29 is 5.11 Å². The van der Waals surface area contributed by atoms with Gasteiger partial charge in [-0.1, -0.05) is 65.4 Å². The van der Waals surface area contributed by atoms with Crippen LogP contribution in [0.2, 0.25) is 5.15 Å². The Hall–Kier alpha value is -4.05. The van der Waals surface area contributed by atoms with Gasteiger partial charge in [0.2, 0.25) is 5.13 Å². The maximum absolute atomic E-state index is 14.0. The lowest BCUT2D eigenvalue weighted by Crippen LogP contribution is -2.24. The number of thiazole rings is 1. The summed E-state index contributed by atoms with van der Waals surface area (Å²) in [6, 6.07) is 22.0. The highest BCUT2D eigenvalue weighted by Crippen LogP contribution is 2.27. The molecule has 2 aromatic carbocycles. The molecule has 10 heteroatoms. The highest BCUT2D eigenvalue weighted by molar-refractivity contribution is 7.20. The van der Waals surface area contributed by atoms with E-state index in [1.165, 1.54) is 17.4 Å². The third kappa shape index (κ3) is 4.24. The van der Waals surface area contributed by atoms with Gasteiger partial charge in [0.15, 0.2) is 0 Å². The largest absolute Gasteiger partial charge is 0.392 e. The van der Waals surface area contributed by atoms with Crippen LogP contribution >= 0.6 is 22.9 Å². The molecule has 4 aromatic heterocycles. The smallest absolute Gasteiger partial charge is 0.283 e. The molecule has 0 amide bonds. The van der Waals surface area contributed by atoms with Gasteiger partial charge in [0.25, 0.3) is 11.1 Å². The maximum Gasteiger partial charge on any atom is 0.283 e. The van der Waals surface area contributed by atoms with E-state index in [1.807, 2.05) is 53.2 Å². The third-order valence-electron chi connectivity index (χ3n) is 6.55. The van der Waals surface area contributed by atoms with Crippen molar-refractivity contribution in [1.82, 2.24) is 23.9 Å². The molecule has 0 spiro atoms. The Morgan fingerprint density at radius 1 is 0.921 bits per heavy atom. The van der Waals surface area contributed by atoms with E-state index in [2.05, 4.69) is 4.98 Å². The van der Waals surface area contributed by atoms with Crippen molar-refractivity contribution in [2.75, 3.05) is 0 Å². The fourth-order valence-electron chi connectivity index (χ4n) is 4.69. The van der Waals surface area contributed by atoms with Gasteiger partial charge in [-0.3, -0.25) is 14.3 Å². The molecule has 0 unspecified atom stereocenters. The normalized spacial score (nSPS) is 11.6. The first-order chi connectivity index (χ1) is 18.4. The second-order valence-electron chi connectivity index (χ2n) is 8.98. The molecule has 1 N–H and O–H groups in total. The second kappa shape index (κ2) is 9.68. The Bertz CT molecular complexity index is 1940. The van der Waals surface area contributed by atoms with Crippen LogP contribution < -0.4 is 11.1 Å². The van der Waals surface area contributed by atoms with Crippen molar-refractivity contribution in [2.45, 2.75) is 26.6 Å². The summed E-state index contributed by atoms with van der Waals surface area (Å²) < 4.78 is 5.77. The predicted molar refractivity (Wildman–Crippen MR) is 150 cm³/mol. The number of benzene rings is 2. The number of hydrogen-bond acceptors (Lipinski definition) is 6. The Kier molecular flexibility index (Phi) is 6.19. The summed E-state index contributed by atoms with van der Waals surface area (Å²) in [4.78, 5) is 36.5. The molecule has 190 valence electrons. The van der Waals surface area contributed by atoms with Crippen LogP contribution in [0.5, 0.6) is 0 Å². The Morgan fingerprint density at radius 3 is 2.50 bits per heavy atom.